The molecule has 1 fully saturated rings. The van der Waals surface area contributed by atoms with E-state index in [4.69, 9.17) is 26.8 Å². The molecule has 1 saturated carbocycles. The minimum absolute atomic E-state index is 0.0483. The van der Waals surface area contributed by atoms with Gasteiger partial charge < -0.3 is 41.8 Å². The molecule has 1 aliphatic rings. The second-order valence-electron chi connectivity index (χ2n) is 12.5. The minimum Gasteiger partial charge on any atom is -0.467 e. The Morgan fingerprint density at radius 3 is 2.25 bits per heavy atom. The summed E-state index contributed by atoms with van der Waals surface area (Å²) < 4.78 is 48.4. The van der Waals surface area contributed by atoms with E-state index in [0.717, 1.165) is 12.7 Å². The third kappa shape index (κ3) is 11.7. The molecule has 0 radical (unpaired) electrons. The summed E-state index contributed by atoms with van der Waals surface area (Å²) in [7, 11) is 1.07. The highest BCUT2D eigenvalue weighted by Gasteiger charge is 2.45. The molecule has 5 rings (SSSR count). The van der Waals surface area contributed by atoms with Gasteiger partial charge in [0.15, 0.2) is 6.61 Å². The van der Waals surface area contributed by atoms with Crippen molar-refractivity contribution in [1.29, 1.82) is 0 Å². The number of esters is 1. The lowest BCUT2D eigenvalue weighted by atomic mass is 10.1. The summed E-state index contributed by atoms with van der Waals surface area (Å²) >= 11 is 6.02. The van der Waals surface area contributed by atoms with Crippen LogP contribution < -0.4 is 37.1 Å². The summed E-state index contributed by atoms with van der Waals surface area (Å²) in [5, 5.41) is 13.7. The van der Waals surface area contributed by atoms with Crippen LogP contribution in [0.4, 0.5) is 36.4 Å². The fourth-order valence-corrected chi connectivity index (χ4v) is 5.35. The Morgan fingerprint density at radius 2 is 1.61 bits per heavy atom. The first-order chi connectivity index (χ1) is 26.6. The summed E-state index contributed by atoms with van der Waals surface area (Å²) in [6, 6.07) is 17.2. The van der Waals surface area contributed by atoms with E-state index in [0.29, 0.717) is 35.5 Å². The number of nitrogens with zero attached hydrogens (tertiary/aromatic N) is 3. The normalized spacial score (nSPS) is 13.4. The number of aromatic nitrogens is 3. The first kappa shape index (κ1) is 40.7. The van der Waals surface area contributed by atoms with Crippen LogP contribution >= 0.6 is 11.6 Å². The molecule has 4 aromatic rings. The lowest BCUT2D eigenvalue weighted by Crippen LogP contribution is -2.50. The van der Waals surface area contributed by atoms with Gasteiger partial charge in [0.1, 0.15) is 6.04 Å². The molecule has 0 bridgehead atoms. The second kappa shape index (κ2) is 17.8. The number of hydrogen-bond donors (Lipinski definition) is 6. The number of methoxy groups -OCH3 is 1. The predicted molar refractivity (Wildman–Crippen MR) is 196 cm³/mol. The molecule has 7 N–H and O–H groups in total. The van der Waals surface area contributed by atoms with E-state index in [1.165, 1.54) is 30.3 Å². The van der Waals surface area contributed by atoms with Crippen LogP contribution in [0.15, 0.2) is 72.8 Å². The summed E-state index contributed by atoms with van der Waals surface area (Å²) in [6.07, 6.45) is -2.83. The van der Waals surface area contributed by atoms with Crippen molar-refractivity contribution in [3.8, 4) is 6.01 Å². The maximum Gasteiger partial charge on any atom is 0.422 e. The van der Waals surface area contributed by atoms with Crippen LogP contribution in [0.2, 0.25) is 5.02 Å². The number of benzene rings is 3. The van der Waals surface area contributed by atoms with Gasteiger partial charge in [-0.2, -0.15) is 28.1 Å². The Kier molecular flexibility index (Phi) is 12.9. The Balaban J connectivity index is 1.21. The van der Waals surface area contributed by atoms with Gasteiger partial charge in [-0.05, 0) is 78.9 Å². The topological polar surface area (TPSA) is 229 Å². The third-order valence-corrected chi connectivity index (χ3v) is 8.44. The number of amides is 4. The predicted octanol–water partition coefficient (Wildman–Crippen LogP) is 3.76. The largest absolute Gasteiger partial charge is 0.467 e. The highest BCUT2D eigenvalue weighted by atomic mass is 35.5. The van der Waals surface area contributed by atoms with Gasteiger partial charge in [-0.25, -0.2) is 4.79 Å². The van der Waals surface area contributed by atoms with Crippen LogP contribution in [0.1, 0.15) is 40.7 Å². The maximum absolute atomic E-state index is 13.1. The molecule has 294 valence electrons. The summed E-state index contributed by atoms with van der Waals surface area (Å²) in [6.45, 7) is -2.14. The number of anilines is 4. The molecule has 1 atom stereocenters. The van der Waals surface area contributed by atoms with E-state index in [9.17, 15) is 37.1 Å². The van der Waals surface area contributed by atoms with Crippen LogP contribution in [0, 0.1) is 0 Å². The van der Waals surface area contributed by atoms with Crippen LogP contribution in [-0.2, 0) is 35.9 Å². The van der Waals surface area contributed by atoms with Crippen molar-refractivity contribution in [2.75, 3.05) is 36.2 Å². The average molecular weight is 798 g/mol. The number of rotatable bonds is 16. The van der Waals surface area contributed by atoms with Crippen molar-refractivity contribution in [2.45, 2.75) is 43.4 Å². The highest BCUT2D eigenvalue weighted by molar-refractivity contribution is 6.39. The SMILES string of the molecule is COC(=O)[C@H](CNC(=O)C(=O)Nc1cccc(CCC(N)=O)c1)NC(=O)c1ccc(Nc2nc(NC3(c4ccc(Cl)cc4)CC3)nc(OCC(F)(F)F)n2)cc1. The van der Waals surface area contributed by atoms with Gasteiger partial charge in [-0.3, -0.25) is 19.2 Å². The monoisotopic (exact) mass is 797 g/mol. The van der Waals surface area contributed by atoms with Gasteiger partial charge in [0.2, 0.25) is 17.8 Å². The fourth-order valence-electron chi connectivity index (χ4n) is 5.22. The number of carbonyl (C=O) groups excluding carboxylic acids is 5. The van der Waals surface area contributed by atoms with Crippen molar-refractivity contribution >= 4 is 64.5 Å². The second-order valence-corrected chi connectivity index (χ2v) is 12.9. The number of nitrogens with two attached hydrogens (primary N) is 1. The van der Waals surface area contributed by atoms with E-state index < -0.39 is 66.5 Å². The standard InChI is InChI=1S/C36H35ClF3N9O7/c1-55-31(54)26(18-42-29(52)30(53)43-25-4-2-3-20(17-25)5-14-27(41)50)45-28(51)21-6-12-24(13-7-21)44-32-46-33(48-34(47-32)56-19-36(38,39)40)49-35(15-16-35)22-8-10-23(37)11-9-22/h2-4,6-13,17,26H,5,14-16,18-19H2,1H3,(H2,41,50)(H,42,52)(H,43,53)(H,45,51)(H2,44,46,47,48,49)/t26-/m0/s1. The van der Waals surface area contributed by atoms with Crippen molar-refractivity contribution in [2.24, 2.45) is 5.73 Å². The van der Waals surface area contributed by atoms with Gasteiger partial charge in [0, 0.05) is 34.9 Å². The summed E-state index contributed by atoms with van der Waals surface area (Å²) in [4.78, 5) is 74.0. The highest BCUT2D eigenvalue weighted by Crippen LogP contribution is 2.48. The van der Waals surface area contributed by atoms with Gasteiger partial charge in [-0.1, -0.05) is 35.9 Å². The summed E-state index contributed by atoms with van der Waals surface area (Å²) in [5.74, 6) is -4.51. The van der Waals surface area contributed by atoms with E-state index in [2.05, 4.69) is 41.5 Å². The van der Waals surface area contributed by atoms with Crippen LogP contribution in [0.5, 0.6) is 6.01 Å². The number of ether oxygens (including phenoxy) is 2. The van der Waals surface area contributed by atoms with Crippen molar-refractivity contribution in [3.05, 3.63) is 94.5 Å². The number of primary amides is 1. The minimum atomic E-state index is -4.65. The van der Waals surface area contributed by atoms with Crippen LogP contribution in [0.25, 0.3) is 0 Å². The summed E-state index contributed by atoms with van der Waals surface area (Å²) in [5.41, 5.74) is 6.86. The van der Waals surface area contributed by atoms with Crippen LogP contribution in [-0.4, -0.2) is 77.0 Å². The van der Waals surface area contributed by atoms with Crippen LogP contribution in [0.3, 0.4) is 0 Å². The zero-order valence-electron chi connectivity index (χ0n) is 29.5. The molecule has 1 heterocycles. The molecule has 3 aromatic carbocycles. The van der Waals surface area contributed by atoms with Crippen molar-refractivity contribution in [3.63, 3.8) is 0 Å². The van der Waals surface area contributed by atoms with E-state index in [1.807, 2.05) is 12.1 Å². The Bertz CT molecular complexity index is 2080. The lowest BCUT2D eigenvalue weighted by Gasteiger charge is -2.19. The fraction of sp³-hybridized carbons (Fsp3) is 0.278. The number of hydrogen-bond acceptors (Lipinski definition) is 12. The Hall–Kier alpha value is -6.50. The lowest BCUT2D eigenvalue weighted by molar-refractivity contribution is -0.154. The quantitative estimate of drug-likeness (QED) is 0.0704. The molecule has 1 aromatic heterocycles. The van der Waals surface area contributed by atoms with E-state index in [-0.39, 0.29) is 29.6 Å². The molecule has 4 amide bonds. The molecular weight excluding hydrogens is 763 g/mol. The Morgan fingerprint density at radius 1 is 0.911 bits per heavy atom. The number of alkyl halides is 3. The maximum atomic E-state index is 13.1. The molecule has 56 heavy (non-hydrogen) atoms. The first-order valence-electron chi connectivity index (χ1n) is 16.8. The van der Waals surface area contributed by atoms with Gasteiger partial charge >= 0.3 is 30.0 Å². The number of aryl methyl sites for hydroxylation is 1. The number of halogens is 4. The first-order valence-corrected chi connectivity index (χ1v) is 17.2. The van der Waals surface area contributed by atoms with Gasteiger partial charge in [0.25, 0.3) is 5.91 Å². The molecule has 0 spiro atoms. The van der Waals surface area contributed by atoms with Gasteiger partial charge in [0.05, 0.1) is 12.6 Å². The Labute approximate surface area is 322 Å². The molecule has 0 unspecified atom stereocenters. The van der Waals surface area contributed by atoms with E-state index in [1.54, 1.807) is 30.3 Å². The average Bonchev–Trinajstić information content (AvgIpc) is 3.94. The zero-order valence-corrected chi connectivity index (χ0v) is 30.3. The molecule has 0 saturated heterocycles. The molecule has 16 nitrogen and oxygen atoms in total. The number of nitrogens with one attached hydrogen (secondary N) is 5. The van der Waals surface area contributed by atoms with Crippen molar-refractivity contribution < 1.29 is 46.6 Å². The third-order valence-electron chi connectivity index (χ3n) is 8.19. The van der Waals surface area contributed by atoms with Crippen molar-refractivity contribution in [1.82, 2.24) is 25.6 Å². The number of carbonyl (C=O) groups is 5. The molecule has 0 aliphatic heterocycles. The van der Waals surface area contributed by atoms with E-state index >= 15 is 0 Å². The molecule has 1 aliphatic carbocycles. The molecule has 20 heteroatoms. The zero-order chi connectivity index (χ0) is 40.5. The van der Waals surface area contributed by atoms with Gasteiger partial charge in [-0.15, -0.1) is 0 Å². The smallest absolute Gasteiger partial charge is 0.422 e. The molecular formula is C36H35ClF3N9O7.